The molecule has 0 spiro atoms. The Morgan fingerprint density at radius 2 is 1.89 bits per heavy atom. The zero-order valence-electron chi connectivity index (χ0n) is 10.3. The Hall–Kier alpha value is -2.29. The lowest BCUT2D eigenvalue weighted by Gasteiger charge is -2.07. The molecule has 0 radical (unpaired) electrons. The average molecular weight is 239 g/mol. The number of aromatic amines is 1. The Labute approximate surface area is 104 Å². The van der Waals surface area contributed by atoms with Crippen molar-refractivity contribution < 1.29 is 4.74 Å². The molecule has 90 valence electrons. The van der Waals surface area contributed by atoms with Crippen molar-refractivity contribution >= 4 is 21.5 Å². The summed E-state index contributed by atoms with van der Waals surface area (Å²) in [6, 6.07) is 9.76. The lowest BCUT2D eigenvalue weighted by molar-refractivity contribution is 0.415. The molecule has 3 aromatic rings. The van der Waals surface area contributed by atoms with Crippen LogP contribution in [0, 0.1) is 6.92 Å². The number of hydrogen-bond acceptors (Lipinski definition) is 2. The lowest BCUT2D eigenvalue weighted by atomic mass is 10.0. The molecule has 1 aromatic heterocycles. The van der Waals surface area contributed by atoms with E-state index in [0.29, 0.717) is 0 Å². The summed E-state index contributed by atoms with van der Waals surface area (Å²) in [6.45, 7) is 1.99. The second-order valence-corrected chi connectivity index (χ2v) is 4.38. The van der Waals surface area contributed by atoms with Gasteiger partial charge in [0.15, 0.2) is 0 Å². The number of H-pyrrole nitrogens is 1. The van der Waals surface area contributed by atoms with Gasteiger partial charge in [-0.25, -0.2) is 0 Å². The largest absolute Gasteiger partial charge is 0.497 e. The van der Waals surface area contributed by atoms with Crippen LogP contribution in [0.5, 0.6) is 5.75 Å². The third-order valence-corrected chi connectivity index (χ3v) is 3.30. The minimum atomic E-state index is -0.0497. The van der Waals surface area contributed by atoms with E-state index in [2.05, 4.69) is 4.98 Å². The van der Waals surface area contributed by atoms with Gasteiger partial charge in [-0.05, 0) is 46.8 Å². The average Bonchev–Trinajstić information content (AvgIpc) is 2.41. The molecule has 3 nitrogen and oxygen atoms in total. The van der Waals surface area contributed by atoms with E-state index in [0.717, 1.165) is 32.9 Å². The summed E-state index contributed by atoms with van der Waals surface area (Å²) in [7, 11) is 1.64. The molecule has 0 saturated heterocycles. The molecule has 0 amide bonds. The van der Waals surface area contributed by atoms with Crippen molar-refractivity contribution in [2.75, 3.05) is 7.11 Å². The number of aryl methyl sites for hydroxylation is 1. The highest BCUT2D eigenvalue weighted by Gasteiger charge is 2.07. The van der Waals surface area contributed by atoms with E-state index in [1.807, 2.05) is 37.3 Å². The maximum atomic E-state index is 12.0. The summed E-state index contributed by atoms with van der Waals surface area (Å²) in [5.41, 5.74) is 1.02. The first-order valence-corrected chi connectivity index (χ1v) is 5.79. The first-order chi connectivity index (χ1) is 8.70. The second-order valence-electron chi connectivity index (χ2n) is 4.38. The van der Waals surface area contributed by atoms with Crippen LogP contribution in [-0.2, 0) is 0 Å². The van der Waals surface area contributed by atoms with Crippen molar-refractivity contribution in [3.05, 3.63) is 52.4 Å². The van der Waals surface area contributed by atoms with Crippen LogP contribution in [0.15, 0.2) is 41.3 Å². The van der Waals surface area contributed by atoms with E-state index in [1.165, 1.54) is 0 Å². The van der Waals surface area contributed by atoms with Gasteiger partial charge in [0.25, 0.3) is 5.56 Å². The third-order valence-electron chi connectivity index (χ3n) is 3.30. The van der Waals surface area contributed by atoms with Crippen LogP contribution in [0.1, 0.15) is 5.56 Å². The minimum Gasteiger partial charge on any atom is -0.497 e. The number of nitrogens with one attached hydrogen (secondary N) is 1. The summed E-state index contributed by atoms with van der Waals surface area (Å²) in [6.07, 6.45) is 1.75. The molecule has 0 unspecified atom stereocenters. The molecular weight excluding hydrogens is 226 g/mol. The minimum absolute atomic E-state index is 0.0497. The number of benzene rings is 2. The van der Waals surface area contributed by atoms with Gasteiger partial charge in [-0.1, -0.05) is 12.1 Å². The van der Waals surface area contributed by atoms with Crippen LogP contribution in [0.2, 0.25) is 0 Å². The highest BCUT2D eigenvalue weighted by molar-refractivity contribution is 6.08. The molecule has 0 aliphatic carbocycles. The standard InChI is InChI=1S/C15H13NO2/c1-9-8-16-15(17)14-12(9)5-3-10-7-11(18-2)4-6-13(10)14/h3-8H,1-2H3,(H,16,17). The van der Waals surface area contributed by atoms with Crippen molar-refractivity contribution in [3.63, 3.8) is 0 Å². The predicted octanol–water partition coefficient (Wildman–Crippen LogP) is 3.00. The first-order valence-electron chi connectivity index (χ1n) is 5.79. The Morgan fingerprint density at radius 3 is 2.67 bits per heavy atom. The number of hydrogen-bond donors (Lipinski definition) is 1. The third kappa shape index (κ3) is 1.48. The fourth-order valence-electron chi connectivity index (χ4n) is 2.33. The van der Waals surface area contributed by atoms with Crippen LogP contribution in [0.3, 0.4) is 0 Å². The zero-order chi connectivity index (χ0) is 12.7. The first kappa shape index (κ1) is 10.8. The fraction of sp³-hybridized carbons (Fsp3) is 0.133. The molecule has 0 fully saturated rings. The van der Waals surface area contributed by atoms with E-state index in [4.69, 9.17) is 4.74 Å². The number of rotatable bonds is 1. The zero-order valence-corrected chi connectivity index (χ0v) is 10.3. The van der Waals surface area contributed by atoms with Crippen molar-refractivity contribution in [1.29, 1.82) is 0 Å². The highest BCUT2D eigenvalue weighted by Crippen LogP contribution is 2.27. The van der Waals surface area contributed by atoms with Gasteiger partial charge in [-0.15, -0.1) is 0 Å². The van der Waals surface area contributed by atoms with Crippen molar-refractivity contribution in [1.82, 2.24) is 4.98 Å². The SMILES string of the molecule is COc1ccc2c(ccc3c(C)c[nH]c(=O)c32)c1. The van der Waals surface area contributed by atoms with E-state index in [-0.39, 0.29) is 5.56 Å². The van der Waals surface area contributed by atoms with Crippen molar-refractivity contribution in [2.45, 2.75) is 6.92 Å². The summed E-state index contributed by atoms with van der Waals surface area (Å²) in [5.74, 6) is 0.797. The number of aromatic nitrogens is 1. The van der Waals surface area contributed by atoms with Crippen LogP contribution in [-0.4, -0.2) is 12.1 Å². The van der Waals surface area contributed by atoms with Gasteiger partial charge >= 0.3 is 0 Å². The number of fused-ring (bicyclic) bond motifs is 3. The molecule has 0 aliphatic rings. The number of pyridine rings is 1. The Morgan fingerprint density at radius 1 is 1.11 bits per heavy atom. The van der Waals surface area contributed by atoms with Gasteiger partial charge in [0, 0.05) is 6.20 Å². The predicted molar refractivity (Wildman–Crippen MR) is 73.4 cm³/mol. The van der Waals surface area contributed by atoms with Crippen molar-refractivity contribution in [3.8, 4) is 5.75 Å². The smallest absolute Gasteiger partial charge is 0.256 e. The molecule has 3 rings (SSSR count). The van der Waals surface area contributed by atoms with Crippen LogP contribution < -0.4 is 10.3 Å². The summed E-state index contributed by atoms with van der Waals surface area (Å²) in [5, 5.41) is 3.71. The normalized spacial score (nSPS) is 11.0. The molecule has 1 heterocycles. The van der Waals surface area contributed by atoms with Gasteiger partial charge in [0.1, 0.15) is 5.75 Å². The maximum Gasteiger partial charge on any atom is 0.256 e. The summed E-state index contributed by atoms with van der Waals surface area (Å²) < 4.78 is 5.20. The Bertz CT molecular complexity index is 803. The molecule has 0 bridgehead atoms. The highest BCUT2D eigenvalue weighted by atomic mass is 16.5. The molecule has 3 heteroatoms. The van der Waals surface area contributed by atoms with Gasteiger partial charge in [0.2, 0.25) is 0 Å². The van der Waals surface area contributed by atoms with Crippen LogP contribution >= 0.6 is 0 Å². The van der Waals surface area contributed by atoms with Gasteiger partial charge in [-0.3, -0.25) is 4.79 Å². The number of methoxy groups -OCH3 is 1. The molecule has 18 heavy (non-hydrogen) atoms. The Balaban J connectivity index is 2.54. The van der Waals surface area contributed by atoms with Gasteiger partial charge in [-0.2, -0.15) is 0 Å². The fourth-order valence-corrected chi connectivity index (χ4v) is 2.33. The molecule has 0 atom stereocenters. The Kier molecular flexibility index (Phi) is 2.33. The topological polar surface area (TPSA) is 42.1 Å². The van der Waals surface area contributed by atoms with Gasteiger partial charge < -0.3 is 9.72 Å². The monoisotopic (exact) mass is 239 g/mol. The molecule has 0 aliphatic heterocycles. The summed E-state index contributed by atoms with van der Waals surface area (Å²) >= 11 is 0. The number of ether oxygens (including phenoxy) is 1. The van der Waals surface area contributed by atoms with E-state index in [9.17, 15) is 4.79 Å². The van der Waals surface area contributed by atoms with E-state index < -0.39 is 0 Å². The molecular formula is C15H13NO2. The molecule has 0 saturated carbocycles. The van der Waals surface area contributed by atoms with Crippen LogP contribution in [0.4, 0.5) is 0 Å². The quantitative estimate of drug-likeness (QED) is 0.663. The van der Waals surface area contributed by atoms with Crippen LogP contribution in [0.25, 0.3) is 21.5 Å². The molecule has 2 aromatic carbocycles. The van der Waals surface area contributed by atoms with E-state index >= 15 is 0 Å². The molecule has 1 N–H and O–H groups in total. The van der Waals surface area contributed by atoms with E-state index in [1.54, 1.807) is 13.3 Å². The maximum absolute atomic E-state index is 12.0. The second kappa shape index (κ2) is 3.88. The summed E-state index contributed by atoms with van der Waals surface area (Å²) in [4.78, 5) is 14.8. The lowest BCUT2D eigenvalue weighted by Crippen LogP contribution is -2.06. The van der Waals surface area contributed by atoms with Crippen molar-refractivity contribution in [2.24, 2.45) is 0 Å². The van der Waals surface area contributed by atoms with Gasteiger partial charge in [0.05, 0.1) is 12.5 Å².